The molecule has 0 bridgehead atoms. The van der Waals surface area contributed by atoms with Crippen LogP contribution in [0.3, 0.4) is 0 Å². The van der Waals surface area contributed by atoms with Gasteiger partial charge in [-0.1, -0.05) is 0 Å². The number of anilines is 1. The van der Waals surface area contributed by atoms with E-state index in [-0.39, 0.29) is 11.5 Å². The Morgan fingerprint density at radius 2 is 2.08 bits per heavy atom. The molecule has 0 aliphatic heterocycles. The number of Topliss-reactive ketones (excluding diaryl/α,β-unsaturated/α-hetero) is 1. The van der Waals surface area contributed by atoms with Crippen molar-refractivity contribution in [3.63, 3.8) is 0 Å². The van der Waals surface area contributed by atoms with E-state index in [2.05, 4.69) is 0 Å². The number of carbonyl (C=O) groups excluding carboxylic acids is 1. The lowest BCUT2D eigenvalue weighted by molar-refractivity contribution is 0.101. The smallest absolute Gasteiger partial charge is 0.161 e. The highest BCUT2D eigenvalue weighted by Gasteiger charge is 2.08. The predicted molar refractivity (Wildman–Crippen MR) is 47.3 cm³/mol. The molecule has 0 saturated carbocycles. The number of nitrogens with two attached hydrogens (primary N) is 1. The highest BCUT2D eigenvalue weighted by atomic mass is 16.3. The quantitative estimate of drug-likeness (QED) is 0.489. The van der Waals surface area contributed by atoms with Crippen LogP contribution in [0.15, 0.2) is 12.1 Å². The van der Waals surface area contributed by atoms with Gasteiger partial charge in [0.25, 0.3) is 0 Å². The van der Waals surface area contributed by atoms with Crippen molar-refractivity contribution in [1.29, 1.82) is 0 Å². The second-order valence-corrected chi connectivity index (χ2v) is 2.73. The minimum atomic E-state index is -0.0874. The van der Waals surface area contributed by atoms with Gasteiger partial charge in [-0.3, -0.25) is 4.79 Å². The molecule has 0 aliphatic carbocycles. The summed E-state index contributed by atoms with van der Waals surface area (Å²) in [5, 5.41) is 9.22. The van der Waals surface area contributed by atoms with Gasteiger partial charge in [-0.15, -0.1) is 0 Å². The van der Waals surface area contributed by atoms with E-state index in [1.165, 1.54) is 19.1 Å². The molecule has 0 fully saturated rings. The second kappa shape index (κ2) is 2.85. The zero-order chi connectivity index (χ0) is 9.30. The van der Waals surface area contributed by atoms with Crippen molar-refractivity contribution in [2.75, 3.05) is 5.73 Å². The number of benzene rings is 1. The standard InChI is InChI=1S/C9H11NO2/c1-5-8(12)4-3-7(6(2)11)9(5)10/h3-4,12H,10H2,1-2H3. The third kappa shape index (κ3) is 1.25. The van der Waals surface area contributed by atoms with Gasteiger partial charge in [0.2, 0.25) is 0 Å². The largest absolute Gasteiger partial charge is 0.508 e. The van der Waals surface area contributed by atoms with Gasteiger partial charge in [-0.05, 0) is 26.0 Å². The Morgan fingerprint density at radius 1 is 1.50 bits per heavy atom. The molecule has 0 aliphatic rings. The first kappa shape index (κ1) is 8.59. The fourth-order valence-corrected chi connectivity index (χ4v) is 1.02. The summed E-state index contributed by atoms with van der Waals surface area (Å²) in [6, 6.07) is 3.00. The first-order valence-electron chi connectivity index (χ1n) is 3.63. The van der Waals surface area contributed by atoms with Crippen molar-refractivity contribution in [1.82, 2.24) is 0 Å². The molecule has 0 radical (unpaired) electrons. The van der Waals surface area contributed by atoms with Crippen LogP contribution in [-0.2, 0) is 0 Å². The Bertz CT molecular complexity index is 332. The molecule has 0 amide bonds. The van der Waals surface area contributed by atoms with E-state index < -0.39 is 0 Å². The van der Waals surface area contributed by atoms with Crippen LogP contribution in [0.2, 0.25) is 0 Å². The van der Waals surface area contributed by atoms with Gasteiger partial charge >= 0.3 is 0 Å². The first-order valence-corrected chi connectivity index (χ1v) is 3.63. The van der Waals surface area contributed by atoms with Crippen LogP contribution in [0.25, 0.3) is 0 Å². The molecule has 0 saturated heterocycles. The molecule has 3 nitrogen and oxygen atoms in total. The molecule has 64 valence electrons. The minimum absolute atomic E-state index is 0.0874. The van der Waals surface area contributed by atoms with Crippen LogP contribution >= 0.6 is 0 Å². The molecule has 0 unspecified atom stereocenters. The van der Waals surface area contributed by atoms with Crippen LogP contribution in [0, 0.1) is 6.92 Å². The number of phenolic OH excluding ortho intramolecular Hbond substituents is 1. The van der Waals surface area contributed by atoms with Gasteiger partial charge < -0.3 is 10.8 Å². The summed E-state index contributed by atoms with van der Waals surface area (Å²) >= 11 is 0. The maximum absolute atomic E-state index is 11.0. The number of rotatable bonds is 1. The van der Waals surface area contributed by atoms with Gasteiger partial charge in [-0.25, -0.2) is 0 Å². The molecule has 1 aromatic rings. The van der Waals surface area contributed by atoms with E-state index in [0.717, 1.165) is 0 Å². The number of nitrogen functional groups attached to an aromatic ring is 1. The van der Waals surface area contributed by atoms with Crippen molar-refractivity contribution in [2.45, 2.75) is 13.8 Å². The lowest BCUT2D eigenvalue weighted by Crippen LogP contribution is -2.01. The zero-order valence-corrected chi connectivity index (χ0v) is 7.09. The highest BCUT2D eigenvalue weighted by Crippen LogP contribution is 2.25. The van der Waals surface area contributed by atoms with Crippen LogP contribution in [-0.4, -0.2) is 10.9 Å². The molecule has 0 spiro atoms. The Balaban J connectivity index is 3.36. The van der Waals surface area contributed by atoms with E-state index in [0.29, 0.717) is 16.8 Å². The molecular weight excluding hydrogens is 154 g/mol. The average Bonchev–Trinajstić information content (AvgIpc) is 2.00. The molecule has 1 aromatic carbocycles. The van der Waals surface area contributed by atoms with Crippen molar-refractivity contribution in [3.8, 4) is 5.75 Å². The number of ketones is 1. The topological polar surface area (TPSA) is 63.3 Å². The predicted octanol–water partition coefficient (Wildman–Crippen LogP) is 1.49. The van der Waals surface area contributed by atoms with E-state index in [9.17, 15) is 9.90 Å². The van der Waals surface area contributed by atoms with E-state index in [1.807, 2.05) is 0 Å². The minimum Gasteiger partial charge on any atom is -0.508 e. The van der Waals surface area contributed by atoms with Crippen LogP contribution in [0.5, 0.6) is 5.75 Å². The first-order chi connectivity index (χ1) is 5.54. The highest BCUT2D eigenvalue weighted by molar-refractivity contribution is 6.00. The fraction of sp³-hybridized carbons (Fsp3) is 0.222. The van der Waals surface area contributed by atoms with E-state index in [4.69, 9.17) is 5.73 Å². The molecule has 3 heteroatoms. The second-order valence-electron chi connectivity index (χ2n) is 2.73. The van der Waals surface area contributed by atoms with Crippen molar-refractivity contribution in [3.05, 3.63) is 23.3 Å². The summed E-state index contributed by atoms with van der Waals surface area (Å²) in [5.74, 6) is 0.0353. The maximum atomic E-state index is 11.0. The van der Waals surface area contributed by atoms with Gasteiger partial charge in [0, 0.05) is 16.8 Å². The van der Waals surface area contributed by atoms with Gasteiger partial charge in [0.05, 0.1) is 0 Å². The van der Waals surface area contributed by atoms with Crippen molar-refractivity contribution < 1.29 is 9.90 Å². The molecule has 0 aromatic heterocycles. The molecule has 0 atom stereocenters. The number of hydrogen-bond donors (Lipinski definition) is 2. The Kier molecular flexibility index (Phi) is 2.04. The maximum Gasteiger partial charge on any atom is 0.161 e. The van der Waals surface area contributed by atoms with Gasteiger partial charge in [0.1, 0.15) is 5.75 Å². The number of aromatic hydroxyl groups is 1. The third-order valence-corrected chi connectivity index (χ3v) is 1.87. The lowest BCUT2D eigenvalue weighted by atomic mass is 10.0. The summed E-state index contributed by atoms with van der Waals surface area (Å²) in [7, 11) is 0. The molecular formula is C9H11NO2. The monoisotopic (exact) mass is 165 g/mol. The molecule has 12 heavy (non-hydrogen) atoms. The molecule has 3 N–H and O–H groups in total. The Labute approximate surface area is 70.8 Å². The SMILES string of the molecule is CC(=O)c1ccc(O)c(C)c1N. The summed E-state index contributed by atoms with van der Waals surface area (Å²) in [6.45, 7) is 3.12. The molecule has 0 heterocycles. The normalized spacial score (nSPS) is 9.83. The van der Waals surface area contributed by atoms with Crippen LogP contribution in [0.1, 0.15) is 22.8 Å². The van der Waals surface area contributed by atoms with Crippen LogP contribution < -0.4 is 5.73 Å². The van der Waals surface area contributed by atoms with Crippen molar-refractivity contribution >= 4 is 11.5 Å². The average molecular weight is 165 g/mol. The number of carbonyl (C=O) groups is 1. The number of phenols is 1. The Hall–Kier alpha value is -1.51. The van der Waals surface area contributed by atoms with E-state index in [1.54, 1.807) is 6.92 Å². The third-order valence-electron chi connectivity index (χ3n) is 1.87. The summed E-state index contributed by atoms with van der Waals surface area (Å²) in [4.78, 5) is 11.0. The van der Waals surface area contributed by atoms with Gasteiger partial charge in [-0.2, -0.15) is 0 Å². The molecule has 1 rings (SSSR count). The Morgan fingerprint density at radius 3 is 2.58 bits per heavy atom. The number of hydrogen-bond acceptors (Lipinski definition) is 3. The lowest BCUT2D eigenvalue weighted by Gasteiger charge is -2.06. The summed E-state index contributed by atoms with van der Waals surface area (Å²) in [5.41, 5.74) is 6.99. The van der Waals surface area contributed by atoms with Crippen molar-refractivity contribution in [2.24, 2.45) is 0 Å². The fourth-order valence-electron chi connectivity index (χ4n) is 1.02. The van der Waals surface area contributed by atoms with Gasteiger partial charge in [0.15, 0.2) is 5.78 Å². The van der Waals surface area contributed by atoms with E-state index >= 15 is 0 Å². The zero-order valence-electron chi connectivity index (χ0n) is 7.09. The summed E-state index contributed by atoms with van der Waals surface area (Å²) in [6.07, 6.45) is 0. The summed E-state index contributed by atoms with van der Waals surface area (Å²) < 4.78 is 0. The van der Waals surface area contributed by atoms with Crippen LogP contribution in [0.4, 0.5) is 5.69 Å².